The summed E-state index contributed by atoms with van der Waals surface area (Å²) in [6, 6.07) is 2.22. The van der Waals surface area contributed by atoms with Crippen LogP contribution in [0.15, 0.2) is 16.8 Å². The van der Waals surface area contributed by atoms with Crippen molar-refractivity contribution in [2.24, 2.45) is 5.73 Å². The Kier molecular flexibility index (Phi) is 4.42. The Morgan fingerprint density at radius 2 is 2.38 bits per heavy atom. The average molecular weight is 199 g/mol. The van der Waals surface area contributed by atoms with Gasteiger partial charge < -0.3 is 10.5 Å². The summed E-state index contributed by atoms with van der Waals surface area (Å²) in [5.41, 5.74) is 7.28. The molecular formula is C10H17NOS. The largest absolute Gasteiger partial charge is 0.377 e. The minimum absolute atomic E-state index is 0.106. The Bertz CT molecular complexity index is 223. The summed E-state index contributed by atoms with van der Waals surface area (Å²) in [6.07, 6.45) is 1.05. The number of rotatable bonds is 5. The highest BCUT2D eigenvalue weighted by Gasteiger charge is 2.12. The van der Waals surface area contributed by atoms with E-state index in [0.29, 0.717) is 0 Å². The Morgan fingerprint density at radius 1 is 1.62 bits per heavy atom. The minimum Gasteiger partial charge on any atom is -0.377 e. The number of hydrogen-bond acceptors (Lipinski definition) is 3. The molecule has 1 heterocycles. The number of thiophene rings is 1. The van der Waals surface area contributed by atoms with Crippen molar-refractivity contribution in [1.29, 1.82) is 0 Å². The van der Waals surface area contributed by atoms with Gasteiger partial charge >= 0.3 is 0 Å². The Hall–Kier alpha value is -0.380. The lowest BCUT2D eigenvalue weighted by molar-refractivity contribution is 0.0577. The molecule has 2 unspecified atom stereocenters. The van der Waals surface area contributed by atoms with Crippen molar-refractivity contribution in [3.8, 4) is 0 Å². The molecule has 3 heteroatoms. The second-order valence-electron chi connectivity index (χ2n) is 3.16. The van der Waals surface area contributed by atoms with Crippen LogP contribution in [0, 0.1) is 0 Å². The molecule has 2 nitrogen and oxygen atoms in total. The van der Waals surface area contributed by atoms with E-state index in [9.17, 15) is 0 Å². The fraction of sp³-hybridized carbons (Fsp3) is 0.600. The molecule has 13 heavy (non-hydrogen) atoms. The summed E-state index contributed by atoms with van der Waals surface area (Å²) in [5.74, 6) is 0. The van der Waals surface area contributed by atoms with Crippen LogP contribution >= 0.6 is 11.3 Å². The molecule has 0 aliphatic rings. The van der Waals surface area contributed by atoms with Crippen LogP contribution in [-0.4, -0.2) is 18.8 Å². The van der Waals surface area contributed by atoms with Crippen molar-refractivity contribution in [1.82, 2.24) is 0 Å². The van der Waals surface area contributed by atoms with Crippen LogP contribution in [0.3, 0.4) is 0 Å². The second kappa shape index (κ2) is 5.37. The third-order valence-electron chi connectivity index (χ3n) is 2.08. The van der Waals surface area contributed by atoms with Crippen molar-refractivity contribution in [3.63, 3.8) is 0 Å². The van der Waals surface area contributed by atoms with E-state index in [2.05, 4.69) is 16.8 Å². The van der Waals surface area contributed by atoms with Crippen LogP contribution in [0.1, 0.15) is 19.4 Å². The van der Waals surface area contributed by atoms with Crippen molar-refractivity contribution in [2.45, 2.75) is 32.4 Å². The molecule has 74 valence electrons. The first-order valence-electron chi connectivity index (χ1n) is 4.62. The van der Waals surface area contributed by atoms with Gasteiger partial charge in [-0.3, -0.25) is 0 Å². The molecule has 0 aliphatic heterocycles. The predicted molar refractivity (Wildman–Crippen MR) is 57.1 cm³/mol. The van der Waals surface area contributed by atoms with Gasteiger partial charge in [0, 0.05) is 12.6 Å². The monoisotopic (exact) mass is 199 g/mol. The number of nitrogens with two attached hydrogens (primary N) is 1. The normalized spacial score (nSPS) is 15.6. The van der Waals surface area contributed by atoms with Crippen molar-refractivity contribution in [2.75, 3.05) is 6.61 Å². The van der Waals surface area contributed by atoms with E-state index in [-0.39, 0.29) is 12.1 Å². The standard InChI is InChI=1S/C10H17NOS/c1-3-12-8(2)10(11)6-9-4-5-13-7-9/h4-5,7-8,10H,3,6,11H2,1-2H3. The summed E-state index contributed by atoms with van der Waals surface area (Å²) >= 11 is 1.71. The lowest BCUT2D eigenvalue weighted by Crippen LogP contribution is -2.36. The van der Waals surface area contributed by atoms with Gasteiger partial charge in [-0.05, 0) is 42.7 Å². The molecule has 0 bridgehead atoms. The van der Waals surface area contributed by atoms with Crippen molar-refractivity contribution >= 4 is 11.3 Å². The molecule has 0 aliphatic carbocycles. The summed E-state index contributed by atoms with van der Waals surface area (Å²) in [5, 5.41) is 4.21. The van der Waals surface area contributed by atoms with Gasteiger partial charge in [-0.25, -0.2) is 0 Å². The van der Waals surface area contributed by atoms with Gasteiger partial charge in [-0.1, -0.05) is 0 Å². The SMILES string of the molecule is CCOC(C)C(N)Cc1ccsc1. The third kappa shape index (κ3) is 3.46. The molecule has 2 atom stereocenters. The van der Waals surface area contributed by atoms with E-state index in [1.165, 1.54) is 5.56 Å². The topological polar surface area (TPSA) is 35.2 Å². The molecule has 0 aromatic carbocycles. The fourth-order valence-corrected chi connectivity index (χ4v) is 1.91. The highest BCUT2D eigenvalue weighted by atomic mass is 32.1. The Labute approximate surface area is 83.7 Å². The first-order chi connectivity index (χ1) is 6.24. The molecule has 0 amide bonds. The van der Waals surface area contributed by atoms with E-state index in [4.69, 9.17) is 10.5 Å². The summed E-state index contributed by atoms with van der Waals surface area (Å²) < 4.78 is 5.43. The van der Waals surface area contributed by atoms with Gasteiger partial charge in [0.15, 0.2) is 0 Å². The summed E-state index contributed by atoms with van der Waals surface area (Å²) in [4.78, 5) is 0. The third-order valence-corrected chi connectivity index (χ3v) is 2.82. The quantitative estimate of drug-likeness (QED) is 0.787. The van der Waals surface area contributed by atoms with Gasteiger partial charge in [0.25, 0.3) is 0 Å². The van der Waals surface area contributed by atoms with Gasteiger partial charge in [0.2, 0.25) is 0 Å². The van der Waals surface area contributed by atoms with Gasteiger partial charge in [0.05, 0.1) is 6.10 Å². The lowest BCUT2D eigenvalue weighted by Gasteiger charge is -2.19. The predicted octanol–water partition coefficient (Wildman–Crippen LogP) is 2.04. The van der Waals surface area contributed by atoms with Crippen LogP contribution in [0.25, 0.3) is 0 Å². The zero-order chi connectivity index (χ0) is 9.68. The van der Waals surface area contributed by atoms with Gasteiger partial charge in [0.1, 0.15) is 0 Å². The molecule has 0 saturated heterocycles. The van der Waals surface area contributed by atoms with Crippen molar-refractivity contribution in [3.05, 3.63) is 22.4 Å². The van der Waals surface area contributed by atoms with E-state index >= 15 is 0 Å². The molecular weight excluding hydrogens is 182 g/mol. The maximum atomic E-state index is 5.97. The number of hydrogen-bond donors (Lipinski definition) is 1. The number of ether oxygens (including phenoxy) is 1. The van der Waals surface area contributed by atoms with Crippen LogP contribution in [0.2, 0.25) is 0 Å². The zero-order valence-electron chi connectivity index (χ0n) is 8.19. The maximum Gasteiger partial charge on any atom is 0.0700 e. The minimum atomic E-state index is 0.106. The second-order valence-corrected chi connectivity index (χ2v) is 3.94. The average Bonchev–Trinajstić information content (AvgIpc) is 2.57. The molecule has 0 spiro atoms. The smallest absolute Gasteiger partial charge is 0.0700 e. The van der Waals surface area contributed by atoms with E-state index in [1.807, 2.05) is 13.8 Å². The van der Waals surface area contributed by atoms with Crippen LogP contribution in [0.4, 0.5) is 0 Å². The van der Waals surface area contributed by atoms with E-state index < -0.39 is 0 Å². The van der Waals surface area contributed by atoms with Crippen LogP contribution in [0.5, 0.6) is 0 Å². The highest BCUT2D eigenvalue weighted by Crippen LogP contribution is 2.10. The first kappa shape index (κ1) is 10.7. The molecule has 1 rings (SSSR count). The Balaban J connectivity index is 2.36. The lowest BCUT2D eigenvalue weighted by atomic mass is 10.1. The zero-order valence-corrected chi connectivity index (χ0v) is 9.01. The molecule has 0 fully saturated rings. The van der Waals surface area contributed by atoms with Gasteiger partial charge in [-0.2, -0.15) is 11.3 Å². The summed E-state index contributed by atoms with van der Waals surface area (Å²) in [6.45, 7) is 4.76. The van der Waals surface area contributed by atoms with Crippen LogP contribution < -0.4 is 5.73 Å². The van der Waals surface area contributed by atoms with E-state index in [1.54, 1.807) is 11.3 Å². The maximum absolute atomic E-state index is 5.97. The van der Waals surface area contributed by atoms with Crippen molar-refractivity contribution < 1.29 is 4.74 Å². The molecule has 1 aromatic rings. The van der Waals surface area contributed by atoms with E-state index in [0.717, 1.165) is 13.0 Å². The van der Waals surface area contributed by atoms with Gasteiger partial charge in [-0.15, -0.1) is 0 Å². The first-order valence-corrected chi connectivity index (χ1v) is 5.56. The highest BCUT2D eigenvalue weighted by molar-refractivity contribution is 7.07. The molecule has 1 aromatic heterocycles. The Morgan fingerprint density at radius 3 is 2.92 bits per heavy atom. The molecule has 0 saturated carbocycles. The summed E-state index contributed by atoms with van der Waals surface area (Å²) in [7, 11) is 0. The fourth-order valence-electron chi connectivity index (χ4n) is 1.23. The molecule has 0 radical (unpaired) electrons. The van der Waals surface area contributed by atoms with Crippen LogP contribution in [-0.2, 0) is 11.2 Å². The molecule has 2 N–H and O–H groups in total.